The Labute approximate surface area is 287 Å². The van der Waals surface area contributed by atoms with Gasteiger partial charge in [-0.15, -0.1) is 22.7 Å². The topological polar surface area (TPSA) is 107 Å². The number of likely N-dealkylation sites (N-methyl/N-ethyl adjacent to an activating group) is 2. The lowest BCUT2D eigenvalue weighted by atomic mass is 10.0. The molecule has 0 radical (unpaired) electrons. The van der Waals surface area contributed by atoms with Crippen molar-refractivity contribution < 1.29 is 18.7 Å². The van der Waals surface area contributed by atoms with E-state index in [0.717, 1.165) is 117 Å². The van der Waals surface area contributed by atoms with Crippen LogP contribution in [0.4, 0.5) is 10.9 Å². The predicted octanol–water partition coefficient (Wildman–Crippen LogP) is 7.72. The van der Waals surface area contributed by atoms with Crippen molar-refractivity contribution in [2.24, 2.45) is 0 Å². The summed E-state index contributed by atoms with van der Waals surface area (Å²) in [5.41, 5.74) is 6.98. The molecule has 9 nitrogen and oxygen atoms in total. The Morgan fingerprint density at radius 1 is 0.979 bits per heavy atom. The van der Waals surface area contributed by atoms with Crippen LogP contribution >= 0.6 is 22.7 Å². The average molecular weight is 682 g/mol. The minimum Gasteiger partial charge on any atom is -0.456 e. The summed E-state index contributed by atoms with van der Waals surface area (Å²) in [7, 11) is 0. The van der Waals surface area contributed by atoms with Gasteiger partial charge in [0.1, 0.15) is 33.3 Å². The van der Waals surface area contributed by atoms with E-state index in [4.69, 9.17) is 13.8 Å². The monoisotopic (exact) mass is 681 g/mol. The Morgan fingerprint density at radius 2 is 1.77 bits per heavy atom. The fourth-order valence-corrected chi connectivity index (χ4v) is 9.30. The molecule has 0 bridgehead atoms. The van der Waals surface area contributed by atoms with Gasteiger partial charge in [0.15, 0.2) is 0 Å². The lowest BCUT2D eigenvalue weighted by Crippen LogP contribution is -2.29. The van der Waals surface area contributed by atoms with Gasteiger partial charge in [-0.1, -0.05) is 38.1 Å². The first-order valence-electron chi connectivity index (χ1n) is 16.7. The molecule has 11 heteroatoms. The van der Waals surface area contributed by atoms with Gasteiger partial charge in [-0.3, -0.25) is 14.6 Å². The van der Waals surface area contributed by atoms with Gasteiger partial charge in [0.05, 0.1) is 34.3 Å². The van der Waals surface area contributed by atoms with Crippen LogP contribution in [0.3, 0.4) is 0 Å². The van der Waals surface area contributed by atoms with E-state index < -0.39 is 6.23 Å². The van der Waals surface area contributed by atoms with E-state index in [1.807, 2.05) is 30.3 Å². The van der Waals surface area contributed by atoms with Crippen LogP contribution in [-0.4, -0.2) is 58.2 Å². The first-order chi connectivity index (χ1) is 23.4. The largest absolute Gasteiger partial charge is 0.456 e. The van der Waals surface area contributed by atoms with Gasteiger partial charge >= 0.3 is 0 Å². The Morgan fingerprint density at radius 3 is 2.56 bits per heavy atom. The van der Waals surface area contributed by atoms with Crippen molar-refractivity contribution in [3.8, 4) is 21.9 Å². The molecule has 48 heavy (non-hydrogen) atoms. The minimum atomic E-state index is -0.759. The maximum absolute atomic E-state index is 13.6. The maximum atomic E-state index is 13.6. The van der Waals surface area contributed by atoms with Crippen molar-refractivity contribution in [3.63, 3.8) is 0 Å². The number of hydrogen-bond acceptors (Lipinski definition) is 10. The number of rotatable bonds is 9. The number of aliphatic hydroxyl groups is 1. The van der Waals surface area contributed by atoms with Crippen LogP contribution in [0.1, 0.15) is 48.1 Å². The van der Waals surface area contributed by atoms with Gasteiger partial charge < -0.3 is 24.6 Å². The molecule has 2 aromatic carbocycles. The van der Waals surface area contributed by atoms with Crippen molar-refractivity contribution in [2.45, 2.75) is 59.4 Å². The molecule has 0 aliphatic carbocycles. The normalized spacial score (nSPS) is 15.9. The third-order valence-electron chi connectivity index (χ3n) is 9.46. The number of thiazole rings is 1. The van der Waals surface area contributed by atoms with Crippen LogP contribution in [0.2, 0.25) is 0 Å². The molecular formula is C37H39N5O4S2. The highest BCUT2D eigenvalue weighted by Gasteiger charge is 2.30. The van der Waals surface area contributed by atoms with Crippen molar-refractivity contribution in [1.29, 1.82) is 0 Å². The molecule has 6 aromatic rings. The number of carbonyl (C=O) groups is 1. The van der Waals surface area contributed by atoms with Gasteiger partial charge in [-0.25, -0.2) is 4.98 Å². The molecule has 248 valence electrons. The number of furan rings is 2. The van der Waals surface area contributed by atoms with Crippen LogP contribution in [0.5, 0.6) is 0 Å². The van der Waals surface area contributed by atoms with Gasteiger partial charge in [-0.2, -0.15) is 0 Å². The summed E-state index contributed by atoms with van der Waals surface area (Å²) in [5.74, 6) is 2.23. The van der Waals surface area contributed by atoms with E-state index in [2.05, 4.69) is 52.5 Å². The number of para-hydroxylation sites is 1. The van der Waals surface area contributed by atoms with Crippen LogP contribution in [0.25, 0.3) is 43.1 Å². The molecule has 1 atom stereocenters. The molecule has 2 aliphatic rings. The Balaban J connectivity index is 1.07. The zero-order valence-corrected chi connectivity index (χ0v) is 29.0. The third-order valence-corrected chi connectivity index (χ3v) is 11.6. The van der Waals surface area contributed by atoms with Crippen molar-refractivity contribution >= 4 is 60.7 Å². The Bertz CT molecular complexity index is 2110. The van der Waals surface area contributed by atoms with E-state index >= 15 is 0 Å². The molecule has 1 amide bonds. The zero-order valence-electron chi connectivity index (χ0n) is 27.4. The number of aromatic nitrogens is 1. The number of nitrogens with zero attached hydrogens (tertiary/aromatic N) is 3. The van der Waals surface area contributed by atoms with Crippen molar-refractivity contribution in [1.82, 2.24) is 14.8 Å². The number of fused-ring (bicyclic) bond motifs is 4. The number of benzene rings is 2. The van der Waals surface area contributed by atoms with Crippen LogP contribution in [0, 0.1) is 0 Å². The number of amides is 1. The average Bonchev–Trinajstić information content (AvgIpc) is 3.84. The van der Waals surface area contributed by atoms with Gasteiger partial charge in [-0.05, 0) is 68.2 Å². The molecule has 0 spiro atoms. The van der Waals surface area contributed by atoms with Crippen LogP contribution in [0.15, 0.2) is 57.4 Å². The summed E-state index contributed by atoms with van der Waals surface area (Å²) in [6.07, 6.45) is 1.26. The third kappa shape index (κ3) is 5.83. The van der Waals surface area contributed by atoms with Crippen molar-refractivity contribution in [3.05, 3.63) is 75.9 Å². The smallest absolute Gasteiger partial charge is 0.229 e. The van der Waals surface area contributed by atoms with Gasteiger partial charge in [0, 0.05) is 35.5 Å². The highest BCUT2D eigenvalue weighted by atomic mass is 32.1. The van der Waals surface area contributed by atoms with E-state index in [-0.39, 0.29) is 12.3 Å². The number of carbonyl (C=O) groups excluding carboxylic acids is 1. The fraction of sp³-hybridized carbons (Fsp3) is 0.351. The Kier molecular flexibility index (Phi) is 8.34. The molecule has 4 aromatic heterocycles. The van der Waals surface area contributed by atoms with E-state index in [1.165, 1.54) is 10.4 Å². The highest BCUT2D eigenvalue weighted by molar-refractivity contribution is 7.21. The number of nitrogens with one attached hydrogen (secondary N) is 2. The van der Waals surface area contributed by atoms with Crippen LogP contribution < -0.4 is 10.6 Å². The summed E-state index contributed by atoms with van der Waals surface area (Å²) < 4.78 is 13.6. The number of aliphatic hydroxyl groups excluding tert-OH is 1. The van der Waals surface area contributed by atoms with Crippen LogP contribution in [-0.2, 0) is 37.1 Å². The SMILES string of the molecule is CCN1CCc2c(oc(NC(C)O)c2-c2nc3cc(CC(=O)Nc4sc5c(c4-c4cc6ccccc6o4)CCN(CC)C5)ccc3s2)C1. The summed E-state index contributed by atoms with van der Waals surface area (Å²) in [6.45, 7) is 11.6. The number of anilines is 2. The summed E-state index contributed by atoms with van der Waals surface area (Å²) in [5, 5.41) is 19.3. The second-order valence-electron chi connectivity index (χ2n) is 12.7. The second-order valence-corrected chi connectivity index (χ2v) is 14.8. The van der Waals surface area contributed by atoms with Gasteiger partial charge in [0.25, 0.3) is 0 Å². The number of hydrogen-bond donors (Lipinski definition) is 3. The maximum Gasteiger partial charge on any atom is 0.229 e. The minimum absolute atomic E-state index is 0.0686. The molecule has 0 saturated carbocycles. The van der Waals surface area contributed by atoms with E-state index in [9.17, 15) is 9.90 Å². The molecule has 6 heterocycles. The first kappa shape index (κ1) is 31.3. The Hall–Kier alpha value is -4.00. The standard InChI is InChI=1S/C37H39N5O4S2/c1-4-41-14-12-24-29(19-41)46-35(38-21(3)43)34(24)37-39-26-16-22(10-11-30(26)47-37)17-32(44)40-36-33(25-13-15-42(5-2)20-31(25)48-36)28-18-23-8-6-7-9-27(23)45-28/h6-11,16,18,21,38,43H,4-5,12-15,17,19-20H2,1-3H3,(H,40,44). The first-order valence-corrected chi connectivity index (χ1v) is 18.4. The fourth-order valence-electron chi connectivity index (χ4n) is 6.97. The molecular weight excluding hydrogens is 643 g/mol. The summed E-state index contributed by atoms with van der Waals surface area (Å²) in [4.78, 5) is 24.8. The van der Waals surface area contributed by atoms with Crippen molar-refractivity contribution in [2.75, 3.05) is 36.8 Å². The quantitative estimate of drug-likeness (QED) is 0.133. The van der Waals surface area contributed by atoms with Gasteiger partial charge in [0.2, 0.25) is 11.8 Å². The molecule has 0 saturated heterocycles. The molecule has 8 rings (SSSR count). The predicted molar refractivity (Wildman–Crippen MR) is 194 cm³/mol. The lowest BCUT2D eigenvalue weighted by Gasteiger charge is -2.25. The zero-order chi connectivity index (χ0) is 32.9. The summed E-state index contributed by atoms with van der Waals surface area (Å²) >= 11 is 3.27. The van der Waals surface area contributed by atoms with E-state index in [0.29, 0.717) is 5.88 Å². The number of thiophene rings is 1. The lowest BCUT2D eigenvalue weighted by molar-refractivity contribution is -0.115. The molecule has 1 unspecified atom stereocenters. The highest BCUT2D eigenvalue weighted by Crippen LogP contribution is 2.46. The molecule has 3 N–H and O–H groups in total. The molecule has 2 aliphatic heterocycles. The van der Waals surface area contributed by atoms with E-state index in [1.54, 1.807) is 29.6 Å². The molecule has 0 fully saturated rings. The summed E-state index contributed by atoms with van der Waals surface area (Å²) in [6, 6.07) is 16.2. The second kappa shape index (κ2) is 12.8.